The van der Waals surface area contributed by atoms with E-state index in [2.05, 4.69) is 15.6 Å². The van der Waals surface area contributed by atoms with E-state index in [0.717, 1.165) is 5.69 Å². The zero-order chi connectivity index (χ0) is 17.0. The largest absolute Gasteiger partial charge is 0.405 e. The number of alkyl halides is 3. The summed E-state index contributed by atoms with van der Waals surface area (Å²) >= 11 is 0. The summed E-state index contributed by atoms with van der Waals surface area (Å²) in [6.45, 7) is 2.37. The minimum Gasteiger partial charge on any atom is -0.376 e. The van der Waals surface area contributed by atoms with E-state index in [1.807, 2.05) is 6.92 Å². The summed E-state index contributed by atoms with van der Waals surface area (Å²) in [5, 5.41) is 4.91. The first-order chi connectivity index (χ1) is 10.8. The van der Waals surface area contributed by atoms with E-state index in [0.29, 0.717) is 11.4 Å². The molecule has 0 saturated heterocycles. The van der Waals surface area contributed by atoms with E-state index < -0.39 is 18.6 Å². The summed E-state index contributed by atoms with van der Waals surface area (Å²) in [7, 11) is 0. The molecular formula is C16H16F3N3O. The fourth-order valence-corrected chi connectivity index (χ4v) is 2.04. The van der Waals surface area contributed by atoms with Crippen molar-refractivity contribution >= 4 is 17.3 Å². The second kappa shape index (κ2) is 6.68. The van der Waals surface area contributed by atoms with Gasteiger partial charge in [0.15, 0.2) is 0 Å². The van der Waals surface area contributed by atoms with Crippen LogP contribution in [0.2, 0.25) is 0 Å². The lowest BCUT2D eigenvalue weighted by Gasteiger charge is -2.14. The molecule has 1 heterocycles. The highest BCUT2D eigenvalue weighted by molar-refractivity contribution is 6.08. The number of hydrogen-bond donors (Lipinski definition) is 2. The molecule has 4 nitrogen and oxygen atoms in total. The quantitative estimate of drug-likeness (QED) is 0.896. The van der Waals surface area contributed by atoms with Gasteiger partial charge in [0.25, 0.3) is 5.91 Å². The maximum atomic E-state index is 12.3. The molecule has 122 valence electrons. The van der Waals surface area contributed by atoms with Crippen LogP contribution in [0.15, 0.2) is 36.4 Å². The van der Waals surface area contributed by atoms with Crippen molar-refractivity contribution in [2.24, 2.45) is 0 Å². The average molecular weight is 323 g/mol. The molecule has 0 fully saturated rings. The highest BCUT2D eigenvalue weighted by atomic mass is 19.4. The van der Waals surface area contributed by atoms with Gasteiger partial charge in [0.05, 0.1) is 16.9 Å². The fourth-order valence-electron chi connectivity index (χ4n) is 2.04. The standard InChI is InChI=1S/C16H16F3N3O/c1-10-7-8-13(11(2)21-10)22-15(23)12-5-3-4-6-14(12)20-9-16(17,18)19/h3-8,20H,9H2,1-2H3,(H,22,23). The summed E-state index contributed by atoms with van der Waals surface area (Å²) in [6.07, 6.45) is -4.36. The molecule has 2 N–H and O–H groups in total. The summed E-state index contributed by atoms with van der Waals surface area (Å²) in [6, 6.07) is 9.51. The van der Waals surface area contributed by atoms with Crippen LogP contribution in [-0.2, 0) is 0 Å². The van der Waals surface area contributed by atoms with Crippen LogP contribution in [0.1, 0.15) is 21.7 Å². The molecular weight excluding hydrogens is 307 g/mol. The Morgan fingerprint density at radius 1 is 1.09 bits per heavy atom. The molecule has 0 atom stereocenters. The van der Waals surface area contributed by atoms with E-state index in [-0.39, 0.29) is 11.3 Å². The van der Waals surface area contributed by atoms with Gasteiger partial charge < -0.3 is 10.6 Å². The second-order valence-corrected chi connectivity index (χ2v) is 5.05. The molecule has 0 aliphatic heterocycles. The summed E-state index contributed by atoms with van der Waals surface area (Å²) in [5.41, 5.74) is 2.23. The van der Waals surface area contributed by atoms with Gasteiger partial charge in [-0.25, -0.2) is 0 Å². The number of aryl methyl sites for hydroxylation is 2. The Kier molecular flexibility index (Phi) is 4.88. The van der Waals surface area contributed by atoms with Crippen LogP contribution >= 0.6 is 0 Å². The van der Waals surface area contributed by atoms with Crippen LogP contribution in [0.3, 0.4) is 0 Å². The van der Waals surface area contributed by atoms with Crippen molar-refractivity contribution in [3.63, 3.8) is 0 Å². The number of carbonyl (C=O) groups excluding carboxylic acids is 1. The number of para-hydroxylation sites is 1. The van der Waals surface area contributed by atoms with Gasteiger partial charge in [-0.2, -0.15) is 13.2 Å². The molecule has 1 aromatic heterocycles. The first-order valence-corrected chi connectivity index (χ1v) is 6.91. The van der Waals surface area contributed by atoms with Crippen molar-refractivity contribution in [1.29, 1.82) is 0 Å². The number of aromatic nitrogens is 1. The second-order valence-electron chi connectivity index (χ2n) is 5.05. The fraction of sp³-hybridized carbons (Fsp3) is 0.250. The molecule has 0 aliphatic carbocycles. The lowest BCUT2D eigenvalue weighted by Crippen LogP contribution is -2.23. The summed E-state index contributed by atoms with van der Waals surface area (Å²) in [4.78, 5) is 16.6. The number of pyridine rings is 1. The molecule has 7 heteroatoms. The number of amides is 1. The lowest BCUT2D eigenvalue weighted by atomic mass is 10.1. The third-order valence-electron chi connectivity index (χ3n) is 3.12. The smallest absolute Gasteiger partial charge is 0.376 e. The number of carbonyl (C=O) groups is 1. The van der Waals surface area contributed by atoms with E-state index in [1.165, 1.54) is 12.1 Å². The first kappa shape index (κ1) is 16.8. The average Bonchev–Trinajstić information content (AvgIpc) is 2.47. The van der Waals surface area contributed by atoms with Crippen molar-refractivity contribution in [3.05, 3.63) is 53.3 Å². The van der Waals surface area contributed by atoms with Crippen molar-refractivity contribution in [3.8, 4) is 0 Å². The number of rotatable bonds is 4. The summed E-state index contributed by atoms with van der Waals surface area (Å²) < 4.78 is 37.0. The van der Waals surface area contributed by atoms with Gasteiger partial charge in [0.2, 0.25) is 0 Å². The number of nitrogens with zero attached hydrogens (tertiary/aromatic N) is 1. The Hall–Kier alpha value is -2.57. The minimum atomic E-state index is -4.36. The van der Waals surface area contributed by atoms with Gasteiger partial charge in [-0.05, 0) is 38.1 Å². The Balaban J connectivity index is 2.19. The molecule has 23 heavy (non-hydrogen) atoms. The van der Waals surface area contributed by atoms with E-state index >= 15 is 0 Å². The van der Waals surface area contributed by atoms with Gasteiger partial charge in [0, 0.05) is 11.4 Å². The highest BCUT2D eigenvalue weighted by Gasteiger charge is 2.27. The molecule has 0 saturated carbocycles. The highest BCUT2D eigenvalue weighted by Crippen LogP contribution is 2.21. The van der Waals surface area contributed by atoms with Crippen LogP contribution in [0.4, 0.5) is 24.5 Å². The third kappa shape index (κ3) is 4.70. The lowest BCUT2D eigenvalue weighted by molar-refractivity contribution is -0.115. The first-order valence-electron chi connectivity index (χ1n) is 6.91. The predicted molar refractivity (Wildman–Crippen MR) is 82.7 cm³/mol. The molecule has 2 rings (SSSR count). The molecule has 1 aromatic carbocycles. The van der Waals surface area contributed by atoms with Gasteiger partial charge in [-0.3, -0.25) is 9.78 Å². The predicted octanol–water partition coefficient (Wildman–Crippen LogP) is 3.92. The number of anilines is 2. The molecule has 0 spiro atoms. The number of benzene rings is 1. The molecule has 1 amide bonds. The molecule has 0 radical (unpaired) electrons. The molecule has 0 aliphatic rings. The molecule has 2 aromatic rings. The topological polar surface area (TPSA) is 54.0 Å². The van der Waals surface area contributed by atoms with Gasteiger partial charge in [-0.15, -0.1) is 0 Å². The van der Waals surface area contributed by atoms with E-state index in [4.69, 9.17) is 0 Å². The van der Waals surface area contributed by atoms with Crippen LogP contribution < -0.4 is 10.6 Å². The zero-order valence-electron chi connectivity index (χ0n) is 12.7. The van der Waals surface area contributed by atoms with Gasteiger partial charge >= 0.3 is 6.18 Å². The normalized spacial score (nSPS) is 11.2. The van der Waals surface area contributed by atoms with Crippen LogP contribution in [0.25, 0.3) is 0 Å². The Morgan fingerprint density at radius 3 is 2.43 bits per heavy atom. The van der Waals surface area contributed by atoms with E-state index in [1.54, 1.807) is 31.2 Å². The minimum absolute atomic E-state index is 0.125. The van der Waals surface area contributed by atoms with Crippen molar-refractivity contribution in [2.75, 3.05) is 17.2 Å². The van der Waals surface area contributed by atoms with Crippen LogP contribution in [-0.4, -0.2) is 23.6 Å². The van der Waals surface area contributed by atoms with Gasteiger partial charge in [-0.1, -0.05) is 12.1 Å². The van der Waals surface area contributed by atoms with Gasteiger partial charge in [0.1, 0.15) is 6.54 Å². The maximum absolute atomic E-state index is 12.3. The summed E-state index contributed by atoms with van der Waals surface area (Å²) in [5.74, 6) is -0.496. The number of halogens is 3. The van der Waals surface area contributed by atoms with Crippen molar-refractivity contribution in [1.82, 2.24) is 4.98 Å². The SMILES string of the molecule is Cc1ccc(NC(=O)c2ccccc2NCC(F)(F)F)c(C)n1. The Bertz CT molecular complexity index is 714. The Morgan fingerprint density at radius 2 is 1.78 bits per heavy atom. The third-order valence-corrected chi connectivity index (χ3v) is 3.12. The Labute approximate surface area is 131 Å². The van der Waals surface area contributed by atoms with Crippen molar-refractivity contribution < 1.29 is 18.0 Å². The van der Waals surface area contributed by atoms with Crippen LogP contribution in [0.5, 0.6) is 0 Å². The number of nitrogens with one attached hydrogen (secondary N) is 2. The maximum Gasteiger partial charge on any atom is 0.405 e. The monoisotopic (exact) mass is 323 g/mol. The zero-order valence-corrected chi connectivity index (χ0v) is 12.7. The molecule has 0 unspecified atom stereocenters. The van der Waals surface area contributed by atoms with E-state index in [9.17, 15) is 18.0 Å². The molecule has 0 bridgehead atoms. The van der Waals surface area contributed by atoms with Crippen LogP contribution in [0, 0.1) is 13.8 Å². The van der Waals surface area contributed by atoms with Crippen molar-refractivity contribution in [2.45, 2.75) is 20.0 Å². The number of hydrogen-bond acceptors (Lipinski definition) is 3.